The SMILES string of the molecule is O=S(=O)(c1ccc(C(F)(F)F)cc1)N1Cc2cc(F)ccc2N(CC2=CNCN2)C(CCC2CCCC2)C1.[HH]. The van der Waals surface area contributed by atoms with Crippen molar-refractivity contribution in [2.45, 2.75) is 62.2 Å². The zero-order chi connectivity index (χ0) is 26.9. The first kappa shape index (κ1) is 26.8. The van der Waals surface area contributed by atoms with Crippen molar-refractivity contribution in [3.8, 4) is 0 Å². The molecular formula is C27H34F4N4O2S. The summed E-state index contributed by atoms with van der Waals surface area (Å²) in [5, 5.41) is 6.41. The van der Waals surface area contributed by atoms with E-state index < -0.39 is 27.6 Å². The standard InChI is InChI=1S/C27H32F4N4O2S.H2/c28-22-8-12-26-20(13-22)15-34(38(36,37)25-10-6-21(7-11-25)27(29,30)31)17-24(9-5-19-3-1-2-4-19)35(26)16-23-14-32-18-33-23;/h6-8,10-14,19,24,32-33H,1-5,9,15-18H2;1H. The molecule has 0 spiro atoms. The number of fused-ring (bicyclic) bond motifs is 1. The smallest absolute Gasteiger partial charge is 0.372 e. The van der Waals surface area contributed by atoms with Crippen LogP contribution >= 0.6 is 0 Å². The van der Waals surface area contributed by atoms with Crippen molar-refractivity contribution >= 4 is 15.7 Å². The highest BCUT2D eigenvalue weighted by Crippen LogP contribution is 2.36. The van der Waals surface area contributed by atoms with E-state index in [1.165, 1.54) is 42.1 Å². The number of nitrogens with one attached hydrogen (secondary N) is 2. The van der Waals surface area contributed by atoms with E-state index in [9.17, 15) is 26.0 Å². The van der Waals surface area contributed by atoms with E-state index in [-0.39, 0.29) is 25.5 Å². The monoisotopic (exact) mass is 554 g/mol. The van der Waals surface area contributed by atoms with Crippen LogP contribution in [0.1, 0.15) is 51.1 Å². The number of hydrogen-bond donors (Lipinski definition) is 2. The summed E-state index contributed by atoms with van der Waals surface area (Å²) in [5.74, 6) is 0.123. The first-order chi connectivity index (χ1) is 18.1. The molecule has 1 aliphatic carbocycles. The molecule has 2 aromatic rings. The molecule has 1 fully saturated rings. The third-order valence-electron chi connectivity index (χ3n) is 7.79. The predicted octanol–water partition coefficient (Wildman–Crippen LogP) is 5.43. The number of anilines is 1. The van der Waals surface area contributed by atoms with Crippen LogP contribution in [-0.2, 0) is 22.7 Å². The zero-order valence-electron chi connectivity index (χ0n) is 21.0. The topological polar surface area (TPSA) is 64.7 Å². The van der Waals surface area contributed by atoms with Crippen molar-refractivity contribution in [1.29, 1.82) is 0 Å². The molecule has 208 valence electrons. The molecule has 0 saturated heterocycles. The summed E-state index contributed by atoms with van der Waals surface area (Å²) in [6, 6.07) is 7.81. The van der Waals surface area contributed by atoms with E-state index in [1.807, 2.05) is 6.20 Å². The van der Waals surface area contributed by atoms with Crippen molar-refractivity contribution in [2.75, 3.05) is 24.7 Å². The molecule has 6 nitrogen and oxygen atoms in total. The molecule has 11 heteroatoms. The van der Waals surface area contributed by atoms with Crippen LogP contribution in [0.4, 0.5) is 23.2 Å². The molecule has 0 radical (unpaired) electrons. The molecule has 5 rings (SSSR count). The molecular weight excluding hydrogens is 520 g/mol. The molecule has 2 heterocycles. The normalized spacial score (nSPS) is 21.0. The van der Waals surface area contributed by atoms with Crippen LogP contribution in [0.25, 0.3) is 0 Å². The van der Waals surface area contributed by atoms with Crippen LogP contribution < -0.4 is 15.5 Å². The van der Waals surface area contributed by atoms with Gasteiger partial charge in [-0.1, -0.05) is 25.7 Å². The fraction of sp³-hybridized carbons (Fsp3) is 0.481. The molecule has 1 saturated carbocycles. The van der Waals surface area contributed by atoms with Gasteiger partial charge in [0.2, 0.25) is 10.0 Å². The van der Waals surface area contributed by atoms with E-state index in [1.54, 1.807) is 6.07 Å². The second-order valence-corrected chi connectivity index (χ2v) is 12.3. The number of sulfonamides is 1. The number of nitrogens with zero attached hydrogens (tertiary/aromatic N) is 2. The van der Waals surface area contributed by atoms with E-state index >= 15 is 0 Å². The van der Waals surface area contributed by atoms with Crippen LogP contribution in [-0.4, -0.2) is 38.5 Å². The fourth-order valence-corrected chi connectivity index (χ4v) is 7.21. The maximum absolute atomic E-state index is 14.4. The van der Waals surface area contributed by atoms with Crippen LogP contribution in [0.5, 0.6) is 0 Å². The van der Waals surface area contributed by atoms with Crippen LogP contribution in [0, 0.1) is 11.7 Å². The number of rotatable bonds is 7. The Balaban J connectivity index is 0.00000353. The Morgan fingerprint density at radius 1 is 1.03 bits per heavy atom. The summed E-state index contributed by atoms with van der Waals surface area (Å²) >= 11 is 0. The Kier molecular flexibility index (Phi) is 7.59. The van der Waals surface area contributed by atoms with Gasteiger partial charge in [0.1, 0.15) is 5.82 Å². The fourth-order valence-electron chi connectivity index (χ4n) is 5.76. The molecule has 0 bridgehead atoms. The Morgan fingerprint density at radius 2 is 1.76 bits per heavy atom. The van der Waals surface area contributed by atoms with Crippen molar-refractivity contribution in [1.82, 2.24) is 14.9 Å². The minimum Gasteiger partial charge on any atom is -0.372 e. The summed E-state index contributed by atoms with van der Waals surface area (Å²) in [7, 11) is -4.15. The van der Waals surface area contributed by atoms with Crippen molar-refractivity contribution in [3.05, 3.63) is 71.3 Å². The largest absolute Gasteiger partial charge is 0.416 e. The van der Waals surface area contributed by atoms with Gasteiger partial charge >= 0.3 is 6.18 Å². The summed E-state index contributed by atoms with van der Waals surface area (Å²) in [6.07, 6.45) is 3.77. The molecule has 0 amide bonds. The van der Waals surface area contributed by atoms with Gasteiger partial charge in [-0.2, -0.15) is 17.5 Å². The van der Waals surface area contributed by atoms with Gasteiger partial charge in [-0.3, -0.25) is 0 Å². The summed E-state index contributed by atoms with van der Waals surface area (Å²) in [4.78, 5) is 1.94. The van der Waals surface area contributed by atoms with Gasteiger partial charge in [0.15, 0.2) is 0 Å². The summed E-state index contributed by atoms with van der Waals surface area (Å²) in [5.41, 5.74) is 1.33. The van der Waals surface area contributed by atoms with Gasteiger partial charge in [-0.15, -0.1) is 0 Å². The average Bonchev–Trinajstić information content (AvgIpc) is 3.56. The van der Waals surface area contributed by atoms with Gasteiger partial charge in [-0.25, -0.2) is 12.8 Å². The number of halogens is 4. The summed E-state index contributed by atoms with van der Waals surface area (Å²) < 4.78 is 82.4. The molecule has 2 N–H and O–H groups in total. The van der Waals surface area contributed by atoms with Gasteiger partial charge in [-0.05, 0) is 66.8 Å². The van der Waals surface area contributed by atoms with Gasteiger partial charge in [0.25, 0.3) is 0 Å². The van der Waals surface area contributed by atoms with Crippen LogP contribution in [0.2, 0.25) is 0 Å². The van der Waals surface area contributed by atoms with Crippen molar-refractivity contribution in [2.24, 2.45) is 5.92 Å². The maximum atomic E-state index is 14.4. The van der Waals surface area contributed by atoms with Crippen LogP contribution in [0.3, 0.4) is 0 Å². The Morgan fingerprint density at radius 3 is 2.42 bits per heavy atom. The molecule has 2 aliphatic heterocycles. The maximum Gasteiger partial charge on any atom is 0.416 e. The summed E-state index contributed by atoms with van der Waals surface area (Å²) in [6.45, 7) is 1.17. The Hall–Kier alpha value is -2.79. The highest BCUT2D eigenvalue weighted by atomic mass is 32.2. The lowest BCUT2D eigenvalue weighted by molar-refractivity contribution is -0.137. The van der Waals surface area contributed by atoms with E-state index in [0.29, 0.717) is 24.7 Å². The third kappa shape index (κ3) is 5.78. The lowest BCUT2D eigenvalue weighted by Crippen LogP contribution is -2.45. The van der Waals surface area contributed by atoms with Crippen LogP contribution in [0.15, 0.2) is 59.3 Å². The lowest BCUT2D eigenvalue weighted by Gasteiger charge is -2.35. The first-order valence-electron chi connectivity index (χ1n) is 13.0. The lowest BCUT2D eigenvalue weighted by atomic mass is 9.97. The van der Waals surface area contributed by atoms with E-state index in [2.05, 4.69) is 15.5 Å². The molecule has 38 heavy (non-hydrogen) atoms. The second kappa shape index (κ2) is 10.8. The second-order valence-electron chi connectivity index (χ2n) is 10.3. The van der Waals surface area contributed by atoms with E-state index in [4.69, 9.17) is 0 Å². The van der Waals surface area contributed by atoms with Gasteiger partial charge in [0, 0.05) is 38.1 Å². The molecule has 0 aromatic heterocycles. The molecule has 1 unspecified atom stereocenters. The van der Waals surface area contributed by atoms with Crippen molar-refractivity contribution < 1.29 is 27.4 Å². The van der Waals surface area contributed by atoms with Gasteiger partial charge in [0.05, 0.1) is 23.7 Å². The first-order valence-corrected chi connectivity index (χ1v) is 14.4. The zero-order valence-corrected chi connectivity index (χ0v) is 21.8. The van der Waals surface area contributed by atoms with Gasteiger partial charge < -0.3 is 15.5 Å². The Labute approximate surface area is 222 Å². The molecule has 1 atom stereocenters. The van der Waals surface area contributed by atoms with E-state index in [0.717, 1.165) is 48.5 Å². The average molecular weight is 555 g/mol. The molecule has 3 aliphatic rings. The minimum atomic E-state index is -4.56. The number of hydrogen-bond acceptors (Lipinski definition) is 5. The minimum absolute atomic E-state index is 0. The number of benzene rings is 2. The predicted molar refractivity (Wildman–Crippen MR) is 139 cm³/mol. The highest BCUT2D eigenvalue weighted by molar-refractivity contribution is 7.89. The van der Waals surface area contributed by atoms with Crippen molar-refractivity contribution in [3.63, 3.8) is 0 Å². The third-order valence-corrected chi connectivity index (χ3v) is 9.62. The number of alkyl halides is 3. The molecule has 2 aromatic carbocycles. The Bertz CT molecular complexity index is 1280. The quantitative estimate of drug-likeness (QED) is 0.447. The highest BCUT2D eigenvalue weighted by Gasteiger charge is 2.36.